The highest BCUT2D eigenvalue weighted by Gasteiger charge is 2.32. The lowest BCUT2D eigenvalue weighted by Crippen LogP contribution is -2.34. The number of fused-ring (bicyclic) bond motifs is 2. The average Bonchev–Trinajstić information content (AvgIpc) is 2.30. The van der Waals surface area contributed by atoms with Crippen LogP contribution in [0.3, 0.4) is 0 Å². The van der Waals surface area contributed by atoms with Crippen molar-refractivity contribution in [1.29, 1.82) is 0 Å². The smallest absolute Gasteiger partial charge is 0.312 e. The summed E-state index contributed by atoms with van der Waals surface area (Å²) in [6.45, 7) is 1.94. The lowest BCUT2D eigenvalue weighted by Gasteiger charge is -2.27. The summed E-state index contributed by atoms with van der Waals surface area (Å²) in [7, 11) is 0. The Bertz CT molecular complexity index is 134. The van der Waals surface area contributed by atoms with Crippen molar-refractivity contribution >= 4 is 6.41 Å². The third-order valence-corrected chi connectivity index (χ3v) is 2.74. The summed E-state index contributed by atoms with van der Waals surface area (Å²) in [6, 6.07) is 0. The molecule has 1 saturated carbocycles. The molecule has 1 heterocycles. The quantitative estimate of drug-likeness (QED) is 0.524. The van der Waals surface area contributed by atoms with E-state index < -0.39 is 0 Å². The Labute approximate surface area is 61.2 Å². The van der Waals surface area contributed by atoms with Gasteiger partial charge >= 0.3 is 6.41 Å². The highest BCUT2D eigenvalue weighted by molar-refractivity contribution is 5.48. The number of piperidine rings is 1. The molecule has 0 aromatic carbocycles. The fourth-order valence-corrected chi connectivity index (χ4v) is 2.28. The minimum Gasteiger partial charge on any atom is -0.334 e. The van der Waals surface area contributed by atoms with Gasteiger partial charge in [-0.15, -0.1) is 0 Å². The van der Waals surface area contributed by atoms with E-state index in [2.05, 4.69) is 0 Å². The lowest BCUT2D eigenvalue weighted by molar-refractivity contribution is 0.243. The van der Waals surface area contributed by atoms with Crippen LogP contribution in [0.4, 0.5) is 0 Å². The molecule has 0 aromatic rings. The fourth-order valence-electron chi connectivity index (χ4n) is 2.28. The first-order valence-corrected chi connectivity index (χ1v) is 4.01. The summed E-state index contributed by atoms with van der Waals surface area (Å²) < 4.78 is 0. The normalized spacial score (nSPS) is 38.2. The maximum absolute atomic E-state index is 10.3. The van der Waals surface area contributed by atoms with Gasteiger partial charge in [-0.3, -0.25) is 4.79 Å². The molecule has 2 fully saturated rings. The van der Waals surface area contributed by atoms with Gasteiger partial charge in [0.25, 0.3) is 0 Å². The van der Waals surface area contributed by atoms with Crippen LogP contribution in [-0.4, -0.2) is 24.4 Å². The van der Waals surface area contributed by atoms with Crippen molar-refractivity contribution in [3.05, 3.63) is 0 Å². The van der Waals surface area contributed by atoms with E-state index in [0.29, 0.717) is 0 Å². The van der Waals surface area contributed by atoms with Crippen molar-refractivity contribution in [2.75, 3.05) is 13.1 Å². The number of likely N-dealkylation sites (tertiary alicyclic amines) is 1. The van der Waals surface area contributed by atoms with E-state index >= 15 is 0 Å². The molecular weight excluding hydrogens is 126 g/mol. The molecule has 0 N–H and O–H groups in total. The molecule has 1 saturated heterocycles. The standard InChI is InChI=1S/C8H12NO/c10-6-9-4-7-1-2-8(3-7)5-9/h7-8H,1-5H2. The van der Waals surface area contributed by atoms with Gasteiger partial charge < -0.3 is 4.90 Å². The first kappa shape index (κ1) is 6.20. The Morgan fingerprint density at radius 3 is 2.30 bits per heavy atom. The van der Waals surface area contributed by atoms with Crippen molar-refractivity contribution in [2.24, 2.45) is 11.8 Å². The molecule has 0 spiro atoms. The molecule has 0 aromatic heterocycles. The topological polar surface area (TPSA) is 20.3 Å². The van der Waals surface area contributed by atoms with Gasteiger partial charge in [0.05, 0.1) is 0 Å². The van der Waals surface area contributed by atoms with Crippen LogP contribution >= 0.6 is 0 Å². The molecule has 2 rings (SSSR count). The van der Waals surface area contributed by atoms with Crippen molar-refractivity contribution in [3.63, 3.8) is 0 Å². The van der Waals surface area contributed by atoms with Crippen molar-refractivity contribution in [3.8, 4) is 0 Å². The van der Waals surface area contributed by atoms with Gasteiger partial charge in [0, 0.05) is 13.1 Å². The minimum absolute atomic E-state index is 0.806. The molecule has 2 bridgehead atoms. The van der Waals surface area contributed by atoms with Crippen LogP contribution in [0.2, 0.25) is 0 Å². The van der Waals surface area contributed by atoms with Crippen molar-refractivity contribution in [2.45, 2.75) is 19.3 Å². The Balaban J connectivity index is 2.02. The van der Waals surface area contributed by atoms with Crippen LogP contribution in [0.25, 0.3) is 0 Å². The molecule has 2 heteroatoms. The SMILES string of the molecule is O=[C]N1CC2CCC(C2)C1. The predicted molar refractivity (Wildman–Crippen MR) is 38.1 cm³/mol. The number of rotatable bonds is 1. The second-order valence-electron chi connectivity index (χ2n) is 3.54. The first-order chi connectivity index (χ1) is 4.88. The zero-order valence-corrected chi connectivity index (χ0v) is 6.05. The number of nitrogens with zero attached hydrogens (tertiary/aromatic N) is 1. The third-order valence-electron chi connectivity index (χ3n) is 2.74. The number of carbonyl (C=O) groups excluding carboxylic acids is 1. The summed E-state index contributed by atoms with van der Waals surface area (Å²) >= 11 is 0. The van der Waals surface area contributed by atoms with E-state index in [0.717, 1.165) is 24.9 Å². The number of hydrogen-bond donors (Lipinski definition) is 0. The summed E-state index contributed by atoms with van der Waals surface area (Å²) in [5.74, 6) is 1.61. The van der Waals surface area contributed by atoms with Crippen LogP contribution in [0.15, 0.2) is 0 Å². The molecule has 1 radical (unpaired) electrons. The minimum atomic E-state index is 0.806. The van der Waals surface area contributed by atoms with Gasteiger partial charge in [-0.2, -0.15) is 0 Å². The number of hydrogen-bond acceptors (Lipinski definition) is 1. The molecule has 55 valence electrons. The Morgan fingerprint density at radius 1 is 1.20 bits per heavy atom. The van der Waals surface area contributed by atoms with Crippen LogP contribution < -0.4 is 0 Å². The zero-order chi connectivity index (χ0) is 6.97. The van der Waals surface area contributed by atoms with Crippen LogP contribution in [0.5, 0.6) is 0 Å². The summed E-state index contributed by atoms with van der Waals surface area (Å²) in [5.41, 5.74) is 0. The summed E-state index contributed by atoms with van der Waals surface area (Å²) in [6.07, 6.45) is 6.02. The highest BCUT2D eigenvalue weighted by Crippen LogP contribution is 2.35. The Morgan fingerprint density at radius 2 is 1.80 bits per heavy atom. The molecule has 1 aliphatic heterocycles. The third kappa shape index (κ3) is 0.917. The van der Waals surface area contributed by atoms with Crippen LogP contribution in [0.1, 0.15) is 19.3 Å². The fraction of sp³-hybridized carbons (Fsp3) is 0.875. The Hall–Kier alpha value is -0.530. The van der Waals surface area contributed by atoms with E-state index in [-0.39, 0.29) is 0 Å². The van der Waals surface area contributed by atoms with Crippen LogP contribution in [0, 0.1) is 11.8 Å². The second kappa shape index (κ2) is 2.26. The molecule has 1 aliphatic carbocycles. The molecule has 2 unspecified atom stereocenters. The van der Waals surface area contributed by atoms with E-state index in [9.17, 15) is 4.79 Å². The summed E-state index contributed by atoms with van der Waals surface area (Å²) in [5, 5.41) is 0. The molecule has 2 atom stereocenters. The van der Waals surface area contributed by atoms with Crippen molar-refractivity contribution in [1.82, 2.24) is 4.90 Å². The average molecular weight is 138 g/mol. The van der Waals surface area contributed by atoms with Gasteiger partial charge in [-0.25, -0.2) is 0 Å². The van der Waals surface area contributed by atoms with Gasteiger partial charge in [0.2, 0.25) is 0 Å². The van der Waals surface area contributed by atoms with E-state index in [4.69, 9.17) is 0 Å². The van der Waals surface area contributed by atoms with E-state index in [1.54, 1.807) is 0 Å². The predicted octanol–water partition coefficient (Wildman–Crippen LogP) is 0.785. The van der Waals surface area contributed by atoms with Gasteiger partial charge in [-0.1, -0.05) is 0 Å². The molecule has 10 heavy (non-hydrogen) atoms. The number of amides is 1. The van der Waals surface area contributed by atoms with E-state index in [1.807, 2.05) is 11.3 Å². The second-order valence-corrected chi connectivity index (χ2v) is 3.54. The maximum atomic E-state index is 10.3. The van der Waals surface area contributed by atoms with Gasteiger partial charge in [-0.05, 0) is 31.1 Å². The molecule has 2 nitrogen and oxygen atoms in total. The van der Waals surface area contributed by atoms with E-state index in [1.165, 1.54) is 19.3 Å². The highest BCUT2D eigenvalue weighted by atomic mass is 16.1. The first-order valence-electron chi connectivity index (χ1n) is 4.01. The van der Waals surface area contributed by atoms with Crippen LogP contribution in [-0.2, 0) is 4.79 Å². The molecular formula is C8H12NO. The Kier molecular flexibility index (Phi) is 1.40. The summed E-state index contributed by atoms with van der Waals surface area (Å²) in [4.78, 5) is 12.1. The molecule has 1 amide bonds. The van der Waals surface area contributed by atoms with Gasteiger partial charge in [0.1, 0.15) is 0 Å². The van der Waals surface area contributed by atoms with Crippen molar-refractivity contribution < 1.29 is 4.79 Å². The monoisotopic (exact) mass is 138 g/mol. The molecule has 2 aliphatic rings. The maximum Gasteiger partial charge on any atom is 0.312 e. The van der Waals surface area contributed by atoms with Gasteiger partial charge in [0.15, 0.2) is 0 Å². The zero-order valence-electron chi connectivity index (χ0n) is 6.05. The lowest BCUT2D eigenvalue weighted by atomic mass is 10.00. The largest absolute Gasteiger partial charge is 0.334 e.